The van der Waals surface area contributed by atoms with Crippen molar-refractivity contribution in [2.45, 2.75) is 18.9 Å². The highest BCUT2D eigenvalue weighted by Crippen LogP contribution is 2.19. The maximum absolute atomic E-state index is 12.2. The molecule has 0 aliphatic carbocycles. The smallest absolute Gasteiger partial charge is 0.326 e. The Hall–Kier alpha value is -2.11. The predicted octanol–water partition coefficient (Wildman–Crippen LogP) is 0.0745. The zero-order valence-corrected chi connectivity index (χ0v) is 10.00. The quantitative estimate of drug-likeness (QED) is 0.805. The van der Waals surface area contributed by atoms with Crippen molar-refractivity contribution >= 4 is 11.9 Å². The molecule has 6 nitrogen and oxygen atoms in total. The van der Waals surface area contributed by atoms with Gasteiger partial charge in [-0.2, -0.15) is 0 Å². The number of aliphatic carboxylic acids is 1. The molecule has 1 N–H and O–H groups in total. The van der Waals surface area contributed by atoms with Gasteiger partial charge in [0.05, 0.1) is 5.56 Å². The molecular formula is C12H14N2O4. The van der Waals surface area contributed by atoms with Gasteiger partial charge in [-0.25, -0.2) is 4.79 Å². The second-order valence-corrected chi connectivity index (χ2v) is 4.36. The number of carbonyl (C=O) groups is 2. The summed E-state index contributed by atoms with van der Waals surface area (Å²) in [6, 6.07) is 1.98. The zero-order chi connectivity index (χ0) is 13.3. The fourth-order valence-electron chi connectivity index (χ4n) is 2.15. The first-order chi connectivity index (χ1) is 8.50. The molecule has 1 aromatic rings. The van der Waals surface area contributed by atoms with E-state index in [0.717, 1.165) is 0 Å². The third-order valence-electron chi connectivity index (χ3n) is 3.13. The van der Waals surface area contributed by atoms with Gasteiger partial charge < -0.3 is 14.6 Å². The summed E-state index contributed by atoms with van der Waals surface area (Å²) in [5, 5.41) is 9.03. The van der Waals surface area contributed by atoms with E-state index in [2.05, 4.69) is 0 Å². The molecule has 1 unspecified atom stereocenters. The van der Waals surface area contributed by atoms with Crippen LogP contribution in [0.4, 0.5) is 0 Å². The Kier molecular flexibility index (Phi) is 3.18. The highest BCUT2D eigenvalue weighted by molar-refractivity contribution is 5.96. The minimum absolute atomic E-state index is 0.206. The fourth-order valence-corrected chi connectivity index (χ4v) is 2.15. The van der Waals surface area contributed by atoms with Crippen LogP contribution in [0.25, 0.3) is 0 Å². The molecule has 1 fully saturated rings. The number of rotatable bonds is 2. The normalized spacial score (nSPS) is 18.9. The number of aromatic nitrogens is 1. The van der Waals surface area contributed by atoms with Crippen LogP contribution in [0.15, 0.2) is 23.1 Å². The number of aryl methyl sites for hydroxylation is 1. The zero-order valence-electron chi connectivity index (χ0n) is 10.00. The van der Waals surface area contributed by atoms with E-state index in [-0.39, 0.29) is 11.5 Å². The number of likely N-dealkylation sites (tertiary alicyclic amines) is 1. The van der Waals surface area contributed by atoms with Crippen LogP contribution < -0.4 is 5.56 Å². The Bertz CT molecular complexity index is 549. The number of carboxylic acid groups (broad SMARTS) is 1. The Morgan fingerprint density at radius 3 is 2.72 bits per heavy atom. The highest BCUT2D eigenvalue weighted by atomic mass is 16.4. The van der Waals surface area contributed by atoms with Crippen molar-refractivity contribution in [3.05, 3.63) is 34.2 Å². The van der Waals surface area contributed by atoms with Gasteiger partial charge in [0.1, 0.15) is 6.04 Å². The lowest BCUT2D eigenvalue weighted by Crippen LogP contribution is -2.40. The molecule has 1 aliphatic heterocycles. The molecule has 18 heavy (non-hydrogen) atoms. The van der Waals surface area contributed by atoms with Gasteiger partial charge in [-0.15, -0.1) is 0 Å². The van der Waals surface area contributed by atoms with Crippen molar-refractivity contribution in [3.63, 3.8) is 0 Å². The lowest BCUT2D eigenvalue weighted by atomic mass is 10.2. The van der Waals surface area contributed by atoms with E-state index in [1.807, 2.05) is 0 Å². The number of nitrogens with zero attached hydrogens (tertiary/aromatic N) is 2. The van der Waals surface area contributed by atoms with Crippen LogP contribution in [0.3, 0.4) is 0 Å². The van der Waals surface area contributed by atoms with Crippen LogP contribution in [0, 0.1) is 0 Å². The topological polar surface area (TPSA) is 79.6 Å². The van der Waals surface area contributed by atoms with Crippen molar-refractivity contribution in [1.29, 1.82) is 0 Å². The third-order valence-corrected chi connectivity index (χ3v) is 3.13. The number of hydrogen-bond acceptors (Lipinski definition) is 3. The van der Waals surface area contributed by atoms with Gasteiger partial charge in [-0.05, 0) is 18.9 Å². The van der Waals surface area contributed by atoms with E-state index in [0.29, 0.717) is 24.9 Å². The van der Waals surface area contributed by atoms with Gasteiger partial charge in [0.15, 0.2) is 0 Å². The lowest BCUT2D eigenvalue weighted by Gasteiger charge is -2.21. The maximum atomic E-state index is 12.2. The van der Waals surface area contributed by atoms with E-state index >= 15 is 0 Å². The molecule has 0 bridgehead atoms. The fraction of sp³-hybridized carbons (Fsp3) is 0.417. The van der Waals surface area contributed by atoms with Crippen LogP contribution in [0.5, 0.6) is 0 Å². The molecule has 1 atom stereocenters. The number of carboxylic acids is 1. The third kappa shape index (κ3) is 2.13. The second-order valence-electron chi connectivity index (χ2n) is 4.36. The SMILES string of the molecule is Cn1cc(C(=O)N2CCCC2C(=O)O)ccc1=O. The average molecular weight is 250 g/mol. The number of amides is 1. The number of pyridine rings is 1. The monoisotopic (exact) mass is 250 g/mol. The second kappa shape index (κ2) is 4.64. The largest absolute Gasteiger partial charge is 0.480 e. The van der Waals surface area contributed by atoms with Gasteiger partial charge in [0, 0.05) is 25.9 Å². The summed E-state index contributed by atoms with van der Waals surface area (Å²) in [4.78, 5) is 35.8. The molecule has 1 aromatic heterocycles. The molecule has 2 heterocycles. The number of hydrogen-bond donors (Lipinski definition) is 1. The van der Waals surface area contributed by atoms with Crippen LogP contribution in [0.1, 0.15) is 23.2 Å². The molecule has 2 rings (SSSR count). The van der Waals surface area contributed by atoms with Crippen molar-refractivity contribution in [2.75, 3.05) is 6.54 Å². The van der Waals surface area contributed by atoms with E-state index < -0.39 is 12.0 Å². The van der Waals surface area contributed by atoms with Gasteiger partial charge in [0.25, 0.3) is 5.91 Å². The van der Waals surface area contributed by atoms with Crippen LogP contribution in [-0.4, -0.2) is 39.0 Å². The summed E-state index contributed by atoms with van der Waals surface area (Å²) in [6.45, 7) is 0.443. The van der Waals surface area contributed by atoms with E-state index in [1.165, 1.54) is 27.8 Å². The van der Waals surface area contributed by atoms with Gasteiger partial charge in [0.2, 0.25) is 5.56 Å². The van der Waals surface area contributed by atoms with Crippen molar-refractivity contribution in [1.82, 2.24) is 9.47 Å². The predicted molar refractivity (Wildman–Crippen MR) is 63.4 cm³/mol. The molecule has 1 aliphatic rings. The molecule has 0 spiro atoms. The first-order valence-corrected chi connectivity index (χ1v) is 5.71. The summed E-state index contributed by atoms with van der Waals surface area (Å²) in [6.07, 6.45) is 2.60. The van der Waals surface area contributed by atoms with Gasteiger partial charge in [-0.3, -0.25) is 9.59 Å². The summed E-state index contributed by atoms with van der Waals surface area (Å²) in [5.41, 5.74) is 0.132. The molecule has 6 heteroatoms. The Morgan fingerprint density at radius 1 is 1.39 bits per heavy atom. The van der Waals surface area contributed by atoms with Crippen molar-refractivity contribution < 1.29 is 14.7 Å². The lowest BCUT2D eigenvalue weighted by molar-refractivity contribution is -0.141. The molecule has 0 aromatic carbocycles. The van der Waals surface area contributed by atoms with Gasteiger partial charge >= 0.3 is 5.97 Å². The molecule has 0 saturated carbocycles. The van der Waals surface area contributed by atoms with Crippen LogP contribution >= 0.6 is 0 Å². The van der Waals surface area contributed by atoms with E-state index in [9.17, 15) is 14.4 Å². The molecule has 1 saturated heterocycles. The Morgan fingerprint density at radius 2 is 2.11 bits per heavy atom. The van der Waals surface area contributed by atoms with E-state index in [1.54, 1.807) is 7.05 Å². The Balaban J connectivity index is 2.28. The summed E-state index contributed by atoms with van der Waals surface area (Å²) in [5.74, 6) is -1.32. The highest BCUT2D eigenvalue weighted by Gasteiger charge is 2.34. The summed E-state index contributed by atoms with van der Waals surface area (Å²) in [7, 11) is 1.55. The molecule has 96 valence electrons. The van der Waals surface area contributed by atoms with Crippen LogP contribution in [-0.2, 0) is 11.8 Å². The van der Waals surface area contributed by atoms with Crippen LogP contribution in [0.2, 0.25) is 0 Å². The molecule has 0 radical (unpaired) electrons. The van der Waals surface area contributed by atoms with Gasteiger partial charge in [-0.1, -0.05) is 0 Å². The van der Waals surface area contributed by atoms with Crippen molar-refractivity contribution in [3.8, 4) is 0 Å². The van der Waals surface area contributed by atoms with E-state index in [4.69, 9.17) is 5.11 Å². The average Bonchev–Trinajstić information content (AvgIpc) is 2.81. The molecular weight excluding hydrogens is 236 g/mol. The molecule has 1 amide bonds. The minimum Gasteiger partial charge on any atom is -0.480 e. The minimum atomic E-state index is -0.981. The van der Waals surface area contributed by atoms with Crippen molar-refractivity contribution in [2.24, 2.45) is 7.05 Å². The standard InChI is InChI=1S/C12H14N2O4/c1-13-7-8(4-5-10(13)15)11(16)14-6-2-3-9(14)12(17)18/h4-5,7,9H,2-3,6H2,1H3,(H,17,18). The summed E-state index contributed by atoms with van der Waals surface area (Å²) >= 11 is 0. The Labute approximate surface area is 103 Å². The first-order valence-electron chi connectivity index (χ1n) is 5.71. The first kappa shape index (κ1) is 12.3. The number of carbonyl (C=O) groups excluding carboxylic acids is 1. The summed E-state index contributed by atoms with van der Waals surface area (Å²) < 4.78 is 1.30. The maximum Gasteiger partial charge on any atom is 0.326 e.